The lowest BCUT2D eigenvalue weighted by Crippen LogP contribution is -2.34. The van der Waals surface area contributed by atoms with Crippen LogP contribution in [0.15, 0.2) is 0 Å². The molecule has 68 valence electrons. The standard InChI is InChI=1S/C6H14N2O.C2H6/c1-4-5-7-6(9)8(2)3;1-2/h4-5H2,1-3H3,(H,7,9);1-2H3. The highest BCUT2D eigenvalue weighted by molar-refractivity contribution is 5.73. The second kappa shape index (κ2) is 9.27. The van der Waals surface area contributed by atoms with Gasteiger partial charge in [-0.2, -0.15) is 0 Å². The van der Waals surface area contributed by atoms with Gasteiger partial charge in [-0.25, -0.2) is 4.79 Å². The number of hydrogen-bond acceptors (Lipinski definition) is 1. The van der Waals surface area contributed by atoms with Gasteiger partial charge in [-0.1, -0.05) is 20.8 Å². The van der Waals surface area contributed by atoms with Crippen LogP contribution < -0.4 is 5.32 Å². The van der Waals surface area contributed by atoms with E-state index in [-0.39, 0.29) is 6.03 Å². The number of urea groups is 1. The van der Waals surface area contributed by atoms with Crippen LogP contribution in [0.5, 0.6) is 0 Å². The Balaban J connectivity index is 0. The van der Waals surface area contributed by atoms with Crippen LogP contribution in [0.1, 0.15) is 27.2 Å². The van der Waals surface area contributed by atoms with Crippen molar-refractivity contribution in [2.75, 3.05) is 20.6 Å². The van der Waals surface area contributed by atoms with Crippen LogP contribution in [0.25, 0.3) is 0 Å². The van der Waals surface area contributed by atoms with Gasteiger partial charge in [-0.05, 0) is 6.42 Å². The molecule has 2 amide bonds. The zero-order valence-electron chi connectivity index (χ0n) is 8.27. The van der Waals surface area contributed by atoms with Crippen molar-refractivity contribution < 1.29 is 4.79 Å². The minimum absolute atomic E-state index is 0.0168. The van der Waals surface area contributed by atoms with E-state index in [4.69, 9.17) is 0 Å². The van der Waals surface area contributed by atoms with Gasteiger partial charge < -0.3 is 10.2 Å². The number of hydrogen-bond donors (Lipinski definition) is 1. The van der Waals surface area contributed by atoms with Crippen molar-refractivity contribution in [2.45, 2.75) is 27.2 Å². The zero-order valence-corrected chi connectivity index (χ0v) is 8.27. The molecule has 0 heterocycles. The molecule has 3 heteroatoms. The third-order valence-electron chi connectivity index (χ3n) is 0.932. The summed E-state index contributed by atoms with van der Waals surface area (Å²) in [5.41, 5.74) is 0. The smallest absolute Gasteiger partial charge is 0.316 e. The topological polar surface area (TPSA) is 32.3 Å². The van der Waals surface area contributed by atoms with Crippen LogP contribution in [0, 0.1) is 0 Å². The predicted octanol–water partition coefficient (Wildman–Crippen LogP) is 1.69. The Morgan fingerprint density at radius 2 is 1.82 bits per heavy atom. The molecule has 0 fully saturated rings. The number of nitrogens with one attached hydrogen (secondary N) is 1. The summed E-state index contributed by atoms with van der Waals surface area (Å²) in [7, 11) is 3.45. The maximum atomic E-state index is 10.7. The summed E-state index contributed by atoms with van der Waals surface area (Å²) in [5, 5.41) is 2.72. The van der Waals surface area contributed by atoms with E-state index in [0.29, 0.717) is 0 Å². The molecular weight excluding hydrogens is 140 g/mol. The minimum Gasteiger partial charge on any atom is -0.338 e. The van der Waals surface area contributed by atoms with Crippen LogP contribution >= 0.6 is 0 Å². The molecule has 0 aromatic rings. The van der Waals surface area contributed by atoms with Gasteiger partial charge in [0.1, 0.15) is 0 Å². The molecule has 0 aliphatic rings. The Morgan fingerprint density at radius 3 is 2.09 bits per heavy atom. The first-order chi connectivity index (χ1) is 5.18. The molecule has 0 saturated carbocycles. The van der Waals surface area contributed by atoms with Crippen LogP contribution in [0.4, 0.5) is 4.79 Å². The van der Waals surface area contributed by atoms with Crippen molar-refractivity contribution in [2.24, 2.45) is 0 Å². The second-order valence-electron chi connectivity index (χ2n) is 2.13. The largest absolute Gasteiger partial charge is 0.338 e. The average molecular weight is 160 g/mol. The molecule has 0 unspecified atom stereocenters. The molecule has 0 saturated heterocycles. The Bertz CT molecular complexity index is 92.1. The van der Waals surface area contributed by atoms with Gasteiger partial charge in [0.2, 0.25) is 0 Å². The molecule has 0 radical (unpaired) electrons. The molecule has 0 aromatic carbocycles. The number of amides is 2. The van der Waals surface area contributed by atoms with Crippen LogP contribution in [0.3, 0.4) is 0 Å². The minimum atomic E-state index is -0.0168. The number of nitrogens with zero attached hydrogens (tertiary/aromatic N) is 1. The number of carbonyl (C=O) groups excluding carboxylic acids is 1. The van der Waals surface area contributed by atoms with E-state index in [1.165, 1.54) is 4.90 Å². The summed E-state index contributed by atoms with van der Waals surface area (Å²) < 4.78 is 0. The molecule has 0 aliphatic carbocycles. The van der Waals surface area contributed by atoms with Crippen LogP contribution in [0.2, 0.25) is 0 Å². The Morgan fingerprint density at radius 1 is 1.36 bits per heavy atom. The van der Waals surface area contributed by atoms with E-state index >= 15 is 0 Å². The van der Waals surface area contributed by atoms with Crippen molar-refractivity contribution in [3.05, 3.63) is 0 Å². The lowest BCUT2D eigenvalue weighted by molar-refractivity contribution is 0.217. The summed E-state index contributed by atoms with van der Waals surface area (Å²) >= 11 is 0. The first kappa shape index (κ1) is 12.9. The Kier molecular flexibility index (Phi) is 10.9. The van der Waals surface area contributed by atoms with Crippen molar-refractivity contribution in [1.29, 1.82) is 0 Å². The van der Waals surface area contributed by atoms with E-state index in [9.17, 15) is 4.79 Å². The van der Waals surface area contributed by atoms with Crippen molar-refractivity contribution in [3.63, 3.8) is 0 Å². The number of rotatable bonds is 2. The van der Waals surface area contributed by atoms with Crippen molar-refractivity contribution >= 4 is 6.03 Å². The van der Waals surface area contributed by atoms with Crippen molar-refractivity contribution in [3.8, 4) is 0 Å². The third-order valence-corrected chi connectivity index (χ3v) is 0.932. The van der Waals surface area contributed by atoms with Gasteiger partial charge in [-0.15, -0.1) is 0 Å². The maximum absolute atomic E-state index is 10.7. The van der Waals surface area contributed by atoms with Gasteiger partial charge in [0.05, 0.1) is 0 Å². The van der Waals surface area contributed by atoms with Gasteiger partial charge in [0.25, 0.3) is 0 Å². The molecule has 0 spiro atoms. The molecule has 0 atom stereocenters. The molecule has 3 nitrogen and oxygen atoms in total. The number of carbonyl (C=O) groups is 1. The fraction of sp³-hybridized carbons (Fsp3) is 0.875. The highest BCUT2D eigenvalue weighted by atomic mass is 16.2. The fourth-order valence-corrected chi connectivity index (χ4v) is 0.390. The van der Waals surface area contributed by atoms with E-state index < -0.39 is 0 Å². The fourth-order valence-electron chi connectivity index (χ4n) is 0.390. The molecule has 1 N–H and O–H groups in total. The van der Waals surface area contributed by atoms with E-state index in [1.807, 2.05) is 20.8 Å². The third kappa shape index (κ3) is 9.27. The molecule has 0 aromatic heterocycles. The quantitative estimate of drug-likeness (QED) is 0.655. The lowest BCUT2D eigenvalue weighted by Gasteiger charge is -2.10. The molecular formula is C8H20N2O. The molecule has 11 heavy (non-hydrogen) atoms. The molecule has 0 aliphatic heterocycles. The van der Waals surface area contributed by atoms with E-state index in [0.717, 1.165) is 13.0 Å². The maximum Gasteiger partial charge on any atom is 0.316 e. The summed E-state index contributed by atoms with van der Waals surface area (Å²) in [4.78, 5) is 12.2. The van der Waals surface area contributed by atoms with Gasteiger partial charge in [-0.3, -0.25) is 0 Å². The van der Waals surface area contributed by atoms with Crippen molar-refractivity contribution in [1.82, 2.24) is 10.2 Å². The Hall–Kier alpha value is -0.730. The summed E-state index contributed by atoms with van der Waals surface area (Å²) in [6.07, 6.45) is 0.986. The normalized spacial score (nSPS) is 7.73. The van der Waals surface area contributed by atoms with Crippen LogP contribution in [-0.2, 0) is 0 Å². The van der Waals surface area contributed by atoms with Gasteiger partial charge in [0.15, 0.2) is 0 Å². The first-order valence-corrected chi connectivity index (χ1v) is 4.13. The predicted molar refractivity (Wildman–Crippen MR) is 48.7 cm³/mol. The highest BCUT2D eigenvalue weighted by Gasteiger charge is 1.98. The van der Waals surface area contributed by atoms with Gasteiger partial charge >= 0.3 is 6.03 Å². The summed E-state index contributed by atoms with van der Waals surface area (Å²) in [6, 6.07) is -0.0168. The first-order valence-electron chi connectivity index (χ1n) is 4.13. The summed E-state index contributed by atoms with van der Waals surface area (Å²) in [6.45, 7) is 6.78. The average Bonchev–Trinajstić information content (AvgIpc) is 2.03. The lowest BCUT2D eigenvalue weighted by atomic mass is 10.5. The summed E-state index contributed by atoms with van der Waals surface area (Å²) in [5.74, 6) is 0. The SMILES string of the molecule is CC.CCCNC(=O)N(C)C. The van der Waals surface area contributed by atoms with Crippen LogP contribution in [-0.4, -0.2) is 31.6 Å². The highest BCUT2D eigenvalue weighted by Crippen LogP contribution is 1.76. The molecule has 0 rings (SSSR count). The Labute approximate surface area is 69.8 Å². The van der Waals surface area contributed by atoms with Gasteiger partial charge in [0, 0.05) is 20.6 Å². The van der Waals surface area contributed by atoms with E-state index in [1.54, 1.807) is 14.1 Å². The zero-order chi connectivity index (χ0) is 9.28. The molecule has 0 bridgehead atoms. The monoisotopic (exact) mass is 160 g/mol. The van der Waals surface area contributed by atoms with E-state index in [2.05, 4.69) is 5.32 Å². The second-order valence-corrected chi connectivity index (χ2v) is 2.13.